The van der Waals surface area contributed by atoms with Gasteiger partial charge in [-0.1, -0.05) is 19.1 Å². The zero-order valence-corrected chi connectivity index (χ0v) is 15.3. The number of anilines is 1. The lowest BCUT2D eigenvalue weighted by atomic mass is 9.99. The fourth-order valence-electron chi connectivity index (χ4n) is 3.49. The van der Waals surface area contributed by atoms with E-state index in [4.69, 9.17) is 0 Å². The average molecular weight is 358 g/mol. The number of nitrogens with one attached hydrogen (secondary N) is 1. The minimum absolute atomic E-state index is 0.00256. The number of hydrogen-bond donors (Lipinski definition) is 2. The standard InChI is InChI=1S/C19H26N4O3/c1-13-6-8-22(9-7-13)12-15(24)11-20-17-10-14(2)21-19-16(17)4-3-5-18(19)23(25)26/h3-5,10,13,15,24H,6-9,11-12H2,1-2H3,(H,20,21). The van der Waals surface area contributed by atoms with Crippen molar-refractivity contribution in [1.82, 2.24) is 9.88 Å². The number of likely N-dealkylation sites (tertiary alicyclic amines) is 1. The molecule has 1 aliphatic heterocycles. The normalized spacial score (nSPS) is 17.3. The van der Waals surface area contributed by atoms with Crippen LogP contribution in [0.3, 0.4) is 0 Å². The van der Waals surface area contributed by atoms with E-state index in [1.165, 1.54) is 18.9 Å². The Bertz CT molecular complexity index is 788. The minimum atomic E-state index is -0.495. The van der Waals surface area contributed by atoms with Gasteiger partial charge in [-0.15, -0.1) is 0 Å². The molecule has 0 amide bonds. The predicted molar refractivity (Wildman–Crippen MR) is 102 cm³/mol. The van der Waals surface area contributed by atoms with Gasteiger partial charge in [0.15, 0.2) is 5.52 Å². The first-order valence-electron chi connectivity index (χ1n) is 9.13. The molecule has 7 heteroatoms. The zero-order valence-electron chi connectivity index (χ0n) is 15.3. The zero-order chi connectivity index (χ0) is 18.7. The van der Waals surface area contributed by atoms with E-state index in [9.17, 15) is 15.2 Å². The molecular formula is C19H26N4O3. The molecule has 1 unspecified atom stereocenters. The maximum absolute atomic E-state index is 11.2. The quantitative estimate of drug-likeness (QED) is 0.609. The molecule has 26 heavy (non-hydrogen) atoms. The Morgan fingerprint density at radius 3 is 2.85 bits per heavy atom. The number of benzene rings is 1. The second-order valence-corrected chi connectivity index (χ2v) is 7.26. The predicted octanol–water partition coefficient (Wildman–Crippen LogP) is 2.96. The van der Waals surface area contributed by atoms with Gasteiger partial charge in [-0.25, -0.2) is 4.98 Å². The number of aromatic nitrogens is 1. The first-order valence-corrected chi connectivity index (χ1v) is 9.13. The molecule has 1 aliphatic rings. The highest BCUT2D eigenvalue weighted by Gasteiger charge is 2.19. The van der Waals surface area contributed by atoms with Crippen LogP contribution in [0.5, 0.6) is 0 Å². The summed E-state index contributed by atoms with van der Waals surface area (Å²) in [5, 5.41) is 25.6. The largest absolute Gasteiger partial charge is 0.390 e. The summed E-state index contributed by atoms with van der Waals surface area (Å²) in [4.78, 5) is 17.5. The van der Waals surface area contributed by atoms with E-state index in [1.54, 1.807) is 6.07 Å². The van der Waals surface area contributed by atoms with E-state index >= 15 is 0 Å². The number of para-hydroxylation sites is 1. The number of non-ortho nitro benzene ring substituents is 1. The van der Waals surface area contributed by atoms with E-state index in [0.717, 1.165) is 24.7 Å². The summed E-state index contributed by atoms with van der Waals surface area (Å²) >= 11 is 0. The Balaban J connectivity index is 1.70. The van der Waals surface area contributed by atoms with Crippen molar-refractivity contribution in [2.24, 2.45) is 5.92 Å². The fraction of sp³-hybridized carbons (Fsp3) is 0.526. The Labute approximate surface area is 153 Å². The Morgan fingerprint density at radius 1 is 1.42 bits per heavy atom. The maximum Gasteiger partial charge on any atom is 0.295 e. The van der Waals surface area contributed by atoms with Crippen LogP contribution < -0.4 is 5.32 Å². The van der Waals surface area contributed by atoms with E-state index < -0.39 is 11.0 Å². The van der Waals surface area contributed by atoms with E-state index in [1.807, 2.05) is 19.1 Å². The molecule has 0 radical (unpaired) electrons. The number of fused-ring (bicyclic) bond motifs is 1. The van der Waals surface area contributed by atoms with E-state index in [0.29, 0.717) is 29.7 Å². The smallest absolute Gasteiger partial charge is 0.295 e. The van der Waals surface area contributed by atoms with Crippen molar-refractivity contribution < 1.29 is 10.0 Å². The van der Waals surface area contributed by atoms with Gasteiger partial charge in [0.2, 0.25) is 0 Å². The number of piperidine rings is 1. The number of aryl methyl sites for hydroxylation is 1. The van der Waals surface area contributed by atoms with Crippen LogP contribution in [0, 0.1) is 23.0 Å². The van der Waals surface area contributed by atoms with Gasteiger partial charge in [-0.2, -0.15) is 0 Å². The molecule has 0 saturated carbocycles. The third-order valence-corrected chi connectivity index (χ3v) is 5.02. The lowest BCUT2D eigenvalue weighted by molar-refractivity contribution is -0.383. The summed E-state index contributed by atoms with van der Waals surface area (Å²) in [6.45, 7) is 7.18. The molecule has 3 rings (SSSR count). The van der Waals surface area contributed by atoms with Crippen LogP contribution >= 0.6 is 0 Å². The van der Waals surface area contributed by atoms with E-state index in [-0.39, 0.29) is 5.69 Å². The van der Waals surface area contributed by atoms with Crippen molar-refractivity contribution in [1.29, 1.82) is 0 Å². The van der Waals surface area contributed by atoms with Crippen molar-refractivity contribution >= 4 is 22.3 Å². The summed E-state index contributed by atoms with van der Waals surface area (Å²) in [6, 6.07) is 6.80. The van der Waals surface area contributed by atoms with Gasteiger partial charge in [0.25, 0.3) is 5.69 Å². The van der Waals surface area contributed by atoms with Gasteiger partial charge in [0.1, 0.15) is 0 Å². The van der Waals surface area contributed by atoms with Crippen molar-refractivity contribution in [3.05, 3.63) is 40.1 Å². The fourth-order valence-corrected chi connectivity index (χ4v) is 3.49. The second-order valence-electron chi connectivity index (χ2n) is 7.26. The topological polar surface area (TPSA) is 91.5 Å². The third kappa shape index (κ3) is 4.28. The highest BCUT2D eigenvalue weighted by Crippen LogP contribution is 2.29. The number of pyridine rings is 1. The summed E-state index contributed by atoms with van der Waals surface area (Å²) in [5.74, 6) is 0.767. The number of nitro benzene ring substituents is 1. The molecule has 0 bridgehead atoms. The lowest BCUT2D eigenvalue weighted by Crippen LogP contribution is -2.40. The van der Waals surface area contributed by atoms with E-state index in [2.05, 4.69) is 22.1 Å². The van der Waals surface area contributed by atoms with Crippen LogP contribution in [0.2, 0.25) is 0 Å². The first-order chi connectivity index (χ1) is 12.4. The van der Waals surface area contributed by atoms with Gasteiger partial charge < -0.3 is 15.3 Å². The molecule has 2 aromatic rings. The molecular weight excluding hydrogens is 332 g/mol. The van der Waals surface area contributed by atoms with Crippen LogP contribution in [0.25, 0.3) is 10.9 Å². The summed E-state index contributed by atoms with van der Waals surface area (Å²) in [5.41, 5.74) is 1.84. The average Bonchev–Trinajstić information content (AvgIpc) is 2.61. The highest BCUT2D eigenvalue weighted by molar-refractivity contribution is 5.96. The summed E-state index contributed by atoms with van der Waals surface area (Å²) < 4.78 is 0. The number of hydrogen-bond acceptors (Lipinski definition) is 6. The number of β-amino-alcohol motifs (C(OH)–C–C–N with tert-alkyl or cyclic N) is 1. The first kappa shape index (κ1) is 18.5. The number of nitro groups is 1. The summed E-state index contributed by atoms with van der Waals surface area (Å²) in [7, 11) is 0. The minimum Gasteiger partial charge on any atom is -0.390 e. The van der Waals surface area contributed by atoms with Crippen molar-refractivity contribution in [3.8, 4) is 0 Å². The molecule has 0 spiro atoms. The Kier molecular flexibility index (Phi) is 5.68. The monoisotopic (exact) mass is 358 g/mol. The molecule has 2 N–H and O–H groups in total. The SMILES string of the molecule is Cc1cc(NCC(O)CN2CCC(C)CC2)c2cccc([N+](=O)[O-])c2n1. The number of rotatable bonds is 6. The lowest BCUT2D eigenvalue weighted by Gasteiger charge is -2.31. The molecule has 1 aromatic carbocycles. The van der Waals surface area contributed by atoms with Crippen LogP contribution in [-0.2, 0) is 0 Å². The molecule has 7 nitrogen and oxygen atoms in total. The second kappa shape index (κ2) is 7.97. The van der Waals surface area contributed by atoms with Gasteiger partial charge in [-0.05, 0) is 44.8 Å². The van der Waals surface area contributed by atoms with Crippen molar-refractivity contribution in [3.63, 3.8) is 0 Å². The van der Waals surface area contributed by atoms with Crippen LogP contribution in [0.1, 0.15) is 25.5 Å². The number of nitrogens with zero attached hydrogens (tertiary/aromatic N) is 3. The maximum atomic E-state index is 11.2. The molecule has 1 saturated heterocycles. The molecule has 1 atom stereocenters. The molecule has 1 aromatic heterocycles. The summed E-state index contributed by atoms with van der Waals surface area (Å²) in [6.07, 6.45) is 1.86. The molecule has 0 aliphatic carbocycles. The van der Waals surface area contributed by atoms with Crippen LogP contribution in [0.15, 0.2) is 24.3 Å². The third-order valence-electron chi connectivity index (χ3n) is 5.02. The Hall–Kier alpha value is -2.25. The van der Waals surface area contributed by atoms with Crippen molar-refractivity contribution in [2.45, 2.75) is 32.8 Å². The van der Waals surface area contributed by atoms with Gasteiger partial charge in [-0.3, -0.25) is 10.1 Å². The number of aliphatic hydroxyl groups excluding tert-OH is 1. The number of aliphatic hydroxyl groups is 1. The highest BCUT2D eigenvalue weighted by atomic mass is 16.6. The molecule has 140 valence electrons. The van der Waals surface area contributed by atoms with Gasteiger partial charge in [0.05, 0.1) is 11.0 Å². The van der Waals surface area contributed by atoms with Gasteiger partial charge >= 0.3 is 0 Å². The molecule has 2 heterocycles. The van der Waals surface area contributed by atoms with Crippen molar-refractivity contribution in [2.75, 3.05) is 31.5 Å². The van der Waals surface area contributed by atoms with Gasteiger partial charge in [0, 0.05) is 35.9 Å². The Morgan fingerprint density at radius 2 is 2.15 bits per heavy atom. The van der Waals surface area contributed by atoms with Crippen LogP contribution in [0.4, 0.5) is 11.4 Å². The molecule has 1 fully saturated rings. The van der Waals surface area contributed by atoms with Crippen LogP contribution in [-0.4, -0.2) is 52.2 Å².